The Kier molecular flexibility index (Phi) is 3.56. The minimum absolute atomic E-state index is 0.237. The molecule has 4 heteroatoms. The first-order valence-electron chi connectivity index (χ1n) is 6.21. The molecule has 0 aliphatic rings. The molecular formula is C16H13FN2S. The van der Waals surface area contributed by atoms with Crippen LogP contribution in [0.2, 0.25) is 0 Å². The molecule has 3 aromatic rings. The number of thioether (sulfide) groups is 1. The van der Waals surface area contributed by atoms with Gasteiger partial charge < -0.3 is 0 Å². The van der Waals surface area contributed by atoms with Crippen LogP contribution in [-0.2, 0) is 0 Å². The summed E-state index contributed by atoms with van der Waals surface area (Å²) >= 11 is 1.71. The number of halogens is 1. The lowest BCUT2D eigenvalue weighted by Gasteiger charge is -2.04. The monoisotopic (exact) mass is 284 g/mol. The summed E-state index contributed by atoms with van der Waals surface area (Å²) in [6, 6.07) is 14.7. The summed E-state index contributed by atoms with van der Waals surface area (Å²) in [6.45, 7) is 0. The van der Waals surface area contributed by atoms with Crippen molar-refractivity contribution in [3.05, 3.63) is 60.5 Å². The second-order valence-corrected chi connectivity index (χ2v) is 5.27. The van der Waals surface area contributed by atoms with Crippen molar-refractivity contribution in [1.82, 2.24) is 10.2 Å². The SMILES string of the molecule is CSc1ccc(-c2cn[nH]c2-c2ccc(F)cc2)cc1. The van der Waals surface area contributed by atoms with E-state index in [0.717, 1.165) is 22.4 Å². The molecule has 100 valence electrons. The van der Waals surface area contributed by atoms with Crippen molar-refractivity contribution >= 4 is 11.8 Å². The lowest BCUT2D eigenvalue weighted by molar-refractivity contribution is 0.628. The van der Waals surface area contributed by atoms with Crippen molar-refractivity contribution in [2.45, 2.75) is 4.90 Å². The first-order chi connectivity index (χ1) is 9.78. The molecule has 20 heavy (non-hydrogen) atoms. The van der Waals surface area contributed by atoms with Crippen LogP contribution in [0.4, 0.5) is 4.39 Å². The van der Waals surface area contributed by atoms with E-state index in [4.69, 9.17) is 0 Å². The Balaban J connectivity index is 2.02. The molecule has 1 heterocycles. The minimum Gasteiger partial charge on any atom is -0.277 e. The highest BCUT2D eigenvalue weighted by atomic mass is 32.2. The van der Waals surface area contributed by atoms with Crippen molar-refractivity contribution in [1.29, 1.82) is 0 Å². The predicted molar refractivity (Wildman–Crippen MR) is 81.2 cm³/mol. The van der Waals surface area contributed by atoms with Crippen LogP contribution in [-0.4, -0.2) is 16.5 Å². The Bertz CT molecular complexity index is 702. The van der Waals surface area contributed by atoms with Gasteiger partial charge in [0.1, 0.15) is 5.82 Å². The number of nitrogens with one attached hydrogen (secondary N) is 1. The fourth-order valence-electron chi connectivity index (χ4n) is 2.11. The topological polar surface area (TPSA) is 28.7 Å². The van der Waals surface area contributed by atoms with E-state index in [-0.39, 0.29) is 5.82 Å². The summed E-state index contributed by atoms with van der Waals surface area (Å²) in [5, 5.41) is 7.11. The fraction of sp³-hybridized carbons (Fsp3) is 0.0625. The van der Waals surface area contributed by atoms with Gasteiger partial charge in [0.2, 0.25) is 0 Å². The Morgan fingerprint density at radius 2 is 1.60 bits per heavy atom. The largest absolute Gasteiger partial charge is 0.277 e. The average molecular weight is 284 g/mol. The molecule has 1 N–H and O–H groups in total. The average Bonchev–Trinajstić information content (AvgIpc) is 2.97. The molecule has 0 amide bonds. The first kappa shape index (κ1) is 12.9. The molecule has 0 saturated carbocycles. The van der Waals surface area contributed by atoms with Crippen LogP contribution in [0, 0.1) is 5.82 Å². The van der Waals surface area contributed by atoms with Gasteiger partial charge in [-0.2, -0.15) is 5.10 Å². The van der Waals surface area contributed by atoms with Gasteiger partial charge >= 0.3 is 0 Å². The van der Waals surface area contributed by atoms with Crippen LogP contribution >= 0.6 is 11.8 Å². The van der Waals surface area contributed by atoms with Gasteiger partial charge in [-0.05, 0) is 48.2 Å². The van der Waals surface area contributed by atoms with E-state index in [9.17, 15) is 4.39 Å². The Hall–Kier alpha value is -2.07. The third kappa shape index (κ3) is 2.47. The maximum Gasteiger partial charge on any atom is 0.123 e. The molecular weight excluding hydrogens is 271 g/mol. The highest BCUT2D eigenvalue weighted by molar-refractivity contribution is 7.98. The molecule has 0 unspecified atom stereocenters. The summed E-state index contributed by atoms with van der Waals surface area (Å²) in [5.41, 5.74) is 3.94. The number of rotatable bonds is 3. The zero-order chi connectivity index (χ0) is 13.9. The Labute approximate surface area is 121 Å². The first-order valence-corrected chi connectivity index (χ1v) is 7.44. The second-order valence-electron chi connectivity index (χ2n) is 4.39. The molecule has 2 aromatic carbocycles. The van der Waals surface area contributed by atoms with Crippen LogP contribution < -0.4 is 0 Å². The Morgan fingerprint density at radius 1 is 0.950 bits per heavy atom. The van der Waals surface area contributed by atoms with Crippen LogP contribution in [0.3, 0.4) is 0 Å². The fourth-order valence-corrected chi connectivity index (χ4v) is 2.52. The maximum atomic E-state index is 13.0. The zero-order valence-corrected chi connectivity index (χ0v) is 11.7. The molecule has 1 aromatic heterocycles. The Morgan fingerprint density at radius 3 is 2.25 bits per heavy atom. The van der Waals surface area contributed by atoms with Gasteiger partial charge in [-0.3, -0.25) is 5.10 Å². The number of nitrogens with zero attached hydrogens (tertiary/aromatic N) is 1. The van der Waals surface area contributed by atoms with Gasteiger partial charge in [0.25, 0.3) is 0 Å². The van der Waals surface area contributed by atoms with Crippen molar-refractivity contribution in [2.24, 2.45) is 0 Å². The molecule has 0 fully saturated rings. The zero-order valence-electron chi connectivity index (χ0n) is 10.9. The summed E-state index contributed by atoms with van der Waals surface area (Å²) in [5.74, 6) is -0.237. The lowest BCUT2D eigenvalue weighted by Crippen LogP contribution is -1.83. The van der Waals surface area contributed by atoms with Crippen LogP contribution in [0.15, 0.2) is 59.6 Å². The standard InChI is InChI=1S/C16H13FN2S/c1-20-14-8-4-11(5-9-14)15-10-18-19-16(15)12-2-6-13(17)7-3-12/h2-10H,1H3,(H,18,19). The molecule has 0 aliphatic heterocycles. The van der Waals surface area contributed by atoms with Gasteiger partial charge in [0.15, 0.2) is 0 Å². The molecule has 0 spiro atoms. The number of aromatic amines is 1. The smallest absolute Gasteiger partial charge is 0.123 e. The molecule has 0 radical (unpaired) electrons. The van der Waals surface area contributed by atoms with Gasteiger partial charge in [-0.1, -0.05) is 12.1 Å². The third-order valence-corrected chi connectivity index (χ3v) is 3.92. The predicted octanol–water partition coefficient (Wildman–Crippen LogP) is 4.60. The number of aromatic nitrogens is 2. The number of benzene rings is 2. The molecule has 3 rings (SSSR count). The van der Waals surface area contributed by atoms with Gasteiger partial charge in [-0.15, -0.1) is 11.8 Å². The van der Waals surface area contributed by atoms with Crippen molar-refractivity contribution in [3.8, 4) is 22.4 Å². The van der Waals surface area contributed by atoms with Crippen LogP contribution in [0.25, 0.3) is 22.4 Å². The molecule has 2 nitrogen and oxygen atoms in total. The van der Waals surface area contributed by atoms with E-state index in [1.807, 2.05) is 0 Å². The van der Waals surface area contributed by atoms with Crippen LogP contribution in [0.5, 0.6) is 0 Å². The quantitative estimate of drug-likeness (QED) is 0.712. The lowest BCUT2D eigenvalue weighted by atomic mass is 10.0. The normalized spacial score (nSPS) is 10.7. The highest BCUT2D eigenvalue weighted by Crippen LogP contribution is 2.31. The summed E-state index contributed by atoms with van der Waals surface area (Å²) in [7, 11) is 0. The van der Waals surface area contributed by atoms with E-state index < -0.39 is 0 Å². The van der Waals surface area contributed by atoms with E-state index in [1.54, 1.807) is 30.1 Å². The summed E-state index contributed by atoms with van der Waals surface area (Å²) in [6.07, 6.45) is 3.85. The van der Waals surface area contributed by atoms with Crippen molar-refractivity contribution in [2.75, 3.05) is 6.26 Å². The van der Waals surface area contributed by atoms with Gasteiger partial charge in [0, 0.05) is 16.0 Å². The number of hydrogen-bond acceptors (Lipinski definition) is 2. The van der Waals surface area contributed by atoms with Gasteiger partial charge in [-0.25, -0.2) is 4.39 Å². The van der Waals surface area contributed by atoms with Crippen LogP contribution in [0.1, 0.15) is 0 Å². The van der Waals surface area contributed by atoms with Crippen molar-refractivity contribution < 1.29 is 4.39 Å². The molecule has 0 bridgehead atoms. The molecule has 0 aliphatic carbocycles. The van der Waals surface area contributed by atoms with Gasteiger partial charge in [0.05, 0.1) is 11.9 Å². The second kappa shape index (κ2) is 5.51. The van der Waals surface area contributed by atoms with E-state index in [1.165, 1.54) is 17.0 Å². The number of hydrogen-bond donors (Lipinski definition) is 1. The number of H-pyrrole nitrogens is 1. The van der Waals surface area contributed by atoms with E-state index in [2.05, 4.69) is 40.7 Å². The maximum absolute atomic E-state index is 13.0. The molecule has 0 saturated heterocycles. The minimum atomic E-state index is -0.237. The van der Waals surface area contributed by atoms with E-state index >= 15 is 0 Å². The van der Waals surface area contributed by atoms with Crippen molar-refractivity contribution in [3.63, 3.8) is 0 Å². The highest BCUT2D eigenvalue weighted by Gasteiger charge is 2.09. The summed E-state index contributed by atoms with van der Waals surface area (Å²) in [4.78, 5) is 1.22. The van der Waals surface area contributed by atoms with E-state index in [0.29, 0.717) is 0 Å². The third-order valence-electron chi connectivity index (χ3n) is 3.17. The summed E-state index contributed by atoms with van der Waals surface area (Å²) < 4.78 is 13.0. The molecule has 0 atom stereocenters.